The Morgan fingerprint density at radius 3 is 2.25 bits per heavy atom. The molecule has 2 aromatic carbocycles. The predicted molar refractivity (Wildman–Crippen MR) is 116 cm³/mol. The van der Waals surface area contributed by atoms with E-state index in [0.717, 1.165) is 68.3 Å². The van der Waals surface area contributed by atoms with Crippen LogP contribution in [0.1, 0.15) is 49.3 Å². The van der Waals surface area contributed by atoms with Crippen molar-refractivity contribution in [2.24, 2.45) is 0 Å². The third-order valence-corrected chi connectivity index (χ3v) is 6.14. The number of hydrogen-bond donors (Lipinski definition) is 1. The number of aryl methyl sites for hydroxylation is 1. The van der Waals surface area contributed by atoms with E-state index >= 15 is 0 Å². The smallest absolute Gasteiger partial charge is 0.0976 e. The van der Waals surface area contributed by atoms with Gasteiger partial charge < -0.3 is 9.84 Å². The Morgan fingerprint density at radius 1 is 1.04 bits per heavy atom. The van der Waals surface area contributed by atoms with E-state index in [2.05, 4.69) is 55.1 Å². The number of aliphatic hydroxyl groups is 1. The van der Waals surface area contributed by atoms with Crippen molar-refractivity contribution in [3.8, 4) is 0 Å². The highest BCUT2D eigenvalue weighted by Gasteiger charge is 2.39. The Bertz CT molecular complexity index is 725. The van der Waals surface area contributed by atoms with Crippen LogP contribution >= 0.6 is 11.6 Å². The molecule has 2 aromatic rings. The van der Waals surface area contributed by atoms with Crippen LogP contribution in [-0.4, -0.2) is 42.9 Å². The second kappa shape index (κ2) is 9.89. The molecule has 4 heteroatoms. The highest BCUT2D eigenvalue weighted by atomic mass is 35.5. The predicted octanol–water partition coefficient (Wildman–Crippen LogP) is 5.01. The van der Waals surface area contributed by atoms with Gasteiger partial charge in [0.05, 0.1) is 18.8 Å². The Balaban J connectivity index is 2.00. The summed E-state index contributed by atoms with van der Waals surface area (Å²) in [5, 5.41) is 12.8. The van der Waals surface area contributed by atoms with Crippen molar-refractivity contribution < 1.29 is 9.84 Å². The van der Waals surface area contributed by atoms with Gasteiger partial charge in [-0.1, -0.05) is 68.3 Å². The molecule has 0 bridgehead atoms. The Kier molecular flexibility index (Phi) is 7.53. The zero-order valence-corrected chi connectivity index (χ0v) is 17.8. The first-order chi connectivity index (χ1) is 13.6. The second-order valence-electron chi connectivity index (χ2n) is 7.74. The first-order valence-corrected chi connectivity index (χ1v) is 10.8. The lowest BCUT2D eigenvalue weighted by Crippen LogP contribution is -2.45. The van der Waals surface area contributed by atoms with Gasteiger partial charge >= 0.3 is 0 Å². The molecule has 1 fully saturated rings. The van der Waals surface area contributed by atoms with Crippen molar-refractivity contribution in [2.45, 2.75) is 44.6 Å². The minimum atomic E-state index is -0.923. The summed E-state index contributed by atoms with van der Waals surface area (Å²) in [5.41, 5.74) is 2.50. The fourth-order valence-corrected chi connectivity index (χ4v) is 4.33. The second-order valence-corrected chi connectivity index (χ2v) is 8.18. The van der Waals surface area contributed by atoms with E-state index in [9.17, 15) is 5.11 Å². The van der Waals surface area contributed by atoms with Crippen molar-refractivity contribution in [3.05, 3.63) is 70.2 Å². The van der Waals surface area contributed by atoms with Gasteiger partial charge in [0.25, 0.3) is 0 Å². The van der Waals surface area contributed by atoms with Gasteiger partial charge in [-0.3, -0.25) is 4.90 Å². The highest BCUT2D eigenvalue weighted by Crippen LogP contribution is 2.42. The van der Waals surface area contributed by atoms with Crippen LogP contribution in [0.4, 0.5) is 0 Å². The number of halogens is 1. The third kappa shape index (κ3) is 4.96. The molecule has 0 amide bonds. The minimum absolute atomic E-state index is 0.0321. The molecule has 0 unspecified atom stereocenters. The molecule has 3 nitrogen and oxygen atoms in total. The Morgan fingerprint density at radius 2 is 1.68 bits per heavy atom. The van der Waals surface area contributed by atoms with E-state index in [-0.39, 0.29) is 5.92 Å². The molecule has 0 radical (unpaired) electrons. The maximum absolute atomic E-state index is 12.1. The summed E-state index contributed by atoms with van der Waals surface area (Å²) < 4.78 is 5.52. The van der Waals surface area contributed by atoms with E-state index in [1.54, 1.807) is 0 Å². The fourth-order valence-electron chi connectivity index (χ4n) is 4.20. The van der Waals surface area contributed by atoms with Gasteiger partial charge in [0.2, 0.25) is 0 Å². The summed E-state index contributed by atoms with van der Waals surface area (Å²) in [5.74, 6) is -0.0321. The van der Waals surface area contributed by atoms with Crippen LogP contribution in [0.3, 0.4) is 0 Å². The van der Waals surface area contributed by atoms with Crippen LogP contribution in [0.15, 0.2) is 48.5 Å². The van der Waals surface area contributed by atoms with Gasteiger partial charge in [0.1, 0.15) is 0 Å². The lowest BCUT2D eigenvalue weighted by Gasteiger charge is -2.41. The molecule has 1 heterocycles. The summed E-state index contributed by atoms with van der Waals surface area (Å²) in [6.45, 7) is 8.41. The van der Waals surface area contributed by atoms with Crippen LogP contribution in [0.2, 0.25) is 5.02 Å². The normalized spacial score (nSPS) is 18.6. The van der Waals surface area contributed by atoms with Gasteiger partial charge in [-0.25, -0.2) is 0 Å². The largest absolute Gasteiger partial charge is 0.384 e. The zero-order chi connectivity index (χ0) is 20.0. The lowest BCUT2D eigenvalue weighted by molar-refractivity contribution is -0.0285. The monoisotopic (exact) mass is 401 g/mol. The first-order valence-electron chi connectivity index (χ1n) is 10.4. The summed E-state index contributed by atoms with van der Waals surface area (Å²) in [7, 11) is 0. The van der Waals surface area contributed by atoms with E-state index in [0.29, 0.717) is 0 Å². The van der Waals surface area contributed by atoms with Gasteiger partial charge in [-0.05, 0) is 41.7 Å². The average Bonchev–Trinajstić information content (AvgIpc) is 2.74. The Labute approximate surface area is 174 Å². The number of benzene rings is 2. The topological polar surface area (TPSA) is 32.7 Å². The summed E-state index contributed by atoms with van der Waals surface area (Å²) in [6, 6.07) is 16.5. The number of rotatable bonds is 8. The fraction of sp³-hybridized carbons (Fsp3) is 0.500. The first kappa shape index (κ1) is 21.3. The number of hydrogen-bond acceptors (Lipinski definition) is 3. The van der Waals surface area contributed by atoms with E-state index in [4.69, 9.17) is 16.3 Å². The molecular formula is C24H32ClNO2. The van der Waals surface area contributed by atoms with Gasteiger partial charge in [0, 0.05) is 30.6 Å². The van der Waals surface area contributed by atoms with Gasteiger partial charge in [0.15, 0.2) is 0 Å². The molecule has 2 atom stereocenters. The van der Waals surface area contributed by atoms with Crippen molar-refractivity contribution >= 4 is 11.6 Å². The lowest BCUT2D eigenvalue weighted by atomic mass is 9.74. The average molecular weight is 402 g/mol. The number of nitrogens with zero attached hydrogens (tertiary/aromatic N) is 1. The van der Waals surface area contributed by atoms with E-state index in [1.807, 2.05) is 12.1 Å². The van der Waals surface area contributed by atoms with Crippen molar-refractivity contribution in [2.75, 3.05) is 32.8 Å². The van der Waals surface area contributed by atoms with Crippen molar-refractivity contribution in [1.29, 1.82) is 0 Å². The van der Waals surface area contributed by atoms with Gasteiger partial charge in [-0.2, -0.15) is 0 Å². The maximum atomic E-state index is 12.1. The van der Waals surface area contributed by atoms with Crippen LogP contribution < -0.4 is 0 Å². The van der Waals surface area contributed by atoms with Crippen LogP contribution in [0.25, 0.3) is 0 Å². The standard InChI is InChI=1S/C24H32ClNO2/c1-3-13-24(27,21-9-5-19(4-2)6-10-21)23(18-26-14-16-28-17-15-26)20-7-11-22(25)12-8-20/h5-12,23,27H,3-4,13-18H2,1-2H3/t23-,24-/m1/s1. The van der Waals surface area contributed by atoms with Gasteiger partial charge in [-0.15, -0.1) is 0 Å². The minimum Gasteiger partial charge on any atom is -0.384 e. The molecule has 1 saturated heterocycles. The van der Waals surface area contributed by atoms with E-state index in [1.165, 1.54) is 5.56 Å². The zero-order valence-electron chi connectivity index (χ0n) is 17.0. The van der Waals surface area contributed by atoms with Crippen LogP contribution in [0, 0.1) is 0 Å². The SMILES string of the molecule is CCC[C@@](O)(c1ccc(CC)cc1)[C@H](CN1CCOCC1)c1ccc(Cl)cc1. The highest BCUT2D eigenvalue weighted by molar-refractivity contribution is 6.30. The maximum Gasteiger partial charge on any atom is 0.0976 e. The molecule has 0 spiro atoms. The van der Waals surface area contributed by atoms with Crippen LogP contribution in [0.5, 0.6) is 0 Å². The van der Waals surface area contributed by atoms with E-state index < -0.39 is 5.60 Å². The molecule has 28 heavy (non-hydrogen) atoms. The molecule has 0 aliphatic carbocycles. The Hall–Kier alpha value is -1.39. The molecule has 1 aliphatic rings. The van der Waals surface area contributed by atoms with Crippen molar-refractivity contribution in [1.82, 2.24) is 4.90 Å². The molecule has 3 rings (SSSR count). The summed E-state index contributed by atoms with van der Waals surface area (Å²) in [6.07, 6.45) is 2.64. The third-order valence-electron chi connectivity index (χ3n) is 5.89. The summed E-state index contributed by atoms with van der Waals surface area (Å²) in [4.78, 5) is 2.41. The molecule has 0 saturated carbocycles. The molecule has 0 aromatic heterocycles. The quantitative estimate of drug-likeness (QED) is 0.675. The molecule has 152 valence electrons. The summed E-state index contributed by atoms with van der Waals surface area (Å²) >= 11 is 6.14. The molecule has 1 N–H and O–H groups in total. The number of morpholine rings is 1. The molecule has 1 aliphatic heterocycles. The number of ether oxygens (including phenoxy) is 1. The molecular weight excluding hydrogens is 370 g/mol. The van der Waals surface area contributed by atoms with Crippen molar-refractivity contribution in [3.63, 3.8) is 0 Å². The van der Waals surface area contributed by atoms with Crippen LogP contribution in [-0.2, 0) is 16.8 Å².